The first-order valence-electron chi connectivity index (χ1n) is 13.2. The number of allylic oxidation sites excluding steroid dienone is 1. The molecule has 0 aliphatic heterocycles. The van der Waals surface area contributed by atoms with Crippen LogP contribution in [0.25, 0.3) is 0 Å². The third kappa shape index (κ3) is 11.3. The van der Waals surface area contributed by atoms with Crippen LogP contribution in [0.4, 0.5) is 0 Å². The van der Waals surface area contributed by atoms with Crippen LogP contribution in [0.3, 0.4) is 0 Å². The molecule has 1 rings (SSSR count). The van der Waals surface area contributed by atoms with Crippen LogP contribution in [0.15, 0.2) is 11.6 Å². The maximum atomic E-state index is 10.9. The predicted molar refractivity (Wildman–Crippen MR) is 134 cm³/mol. The lowest BCUT2D eigenvalue weighted by Crippen LogP contribution is -2.29. The molecule has 188 valence electrons. The molecule has 3 N–H and O–H groups in total. The van der Waals surface area contributed by atoms with Crippen LogP contribution in [-0.2, 0) is 4.79 Å². The van der Waals surface area contributed by atoms with Crippen molar-refractivity contribution in [2.75, 3.05) is 0 Å². The minimum absolute atomic E-state index is 0.247. The van der Waals surface area contributed by atoms with Crippen LogP contribution < -0.4 is 0 Å². The number of carbonyl (C=O) groups is 1. The van der Waals surface area contributed by atoms with E-state index in [9.17, 15) is 15.0 Å². The Morgan fingerprint density at radius 3 is 2.12 bits per heavy atom. The van der Waals surface area contributed by atoms with Gasteiger partial charge < -0.3 is 15.3 Å². The molecule has 7 atom stereocenters. The summed E-state index contributed by atoms with van der Waals surface area (Å²) in [5.74, 6) is 1.25. The van der Waals surface area contributed by atoms with Gasteiger partial charge in [-0.1, -0.05) is 72.8 Å². The van der Waals surface area contributed by atoms with E-state index in [-0.39, 0.29) is 12.0 Å². The first-order valence-corrected chi connectivity index (χ1v) is 13.2. The SMILES string of the molecule is CC(CCCC(C)CCC1=CCC(C)C(C)[C@@H]1O)CCCC(C)(O)CCCC(C)C(=O)O. The molecule has 0 aromatic rings. The molecule has 0 saturated carbocycles. The summed E-state index contributed by atoms with van der Waals surface area (Å²) in [6.45, 7) is 12.7. The van der Waals surface area contributed by atoms with Crippen molar-refractivity contribution in [1.29, 1.82) is 0 Å². The maximum absolute atomic E-state index is 10.9. The summed E-state index contributed by atoms with van der Waals surface area (Å²) < 4.78 is 0. The lowest BCUT2D eigenvalue weighted by Gasteiger charge is -2.31. The smallest absolute Gasteiger partial charge is 0.306 e. The summed E-state index contributed by atoms with van der Waals surface area (Å²) >= 11 is 0. The van der Waals surface area contributed by atoms with E-state index in [4.69, 9.17) is 5.11 Å². The molecule has 0 aromatic carbocycles. The fraction of sp³-hybridized carbons (Fsp3) is 0.893. The fourth-order valence-corrected chi connectivity index (χ4v) is 4.96. The number of aliphatic hydroxyl groups excluding tert-OH is 1. The Bertz CT molecular complexity index is 568. The van der Waals surface area contributed by atoms with E-state index in [0.717, 1.165) is 38.5 Å². The highest BCUT2D eigenvalue weighted by atomic mass is 16.4. The van der Waals surface area contributed by atoms with Gasteiger partial charge in [-0.15, -0.1) is 0 Å². The predicted octanol–water partition coefficient (Wildman–Crippen LogP) is 6.98. The molecule has 0 radical (unpaired) electrons. The Hall–Kier alpha value is -0.870. The summed E-state index contributed by atoms with van der Waals surface area (Å²) in [6, 6.07) is 0. The number of aliphatic hydroxyl groups is 2. The fourth-order valence-electron chi connectivity index (χ4n) is 4.96. The van der Waals surface area contributed by atoms with Crippen molar-refractivity contribution in [3.63, 3.8) is 0 Å². The van der Waals surface area contributed by atoms with Gasteiger partial charge in [-0.25, -0.2) is 0 Å². The van der Waals surface area contributed by atoms with Crippen LogP contribution in [0.2, 0.25) is 0 Å². The lowest BCUT2D eigenvalue weighted by molar-refractivity contribution is -0.141. The van der Waals surface area contributed by atoms with Gasteiger partial charge in [0.25, 0.3) is 0 Å². The molecule has 0 saturated heterocycles. The first-order chi connectivity index (χ1) is 14.9. The van der Waals surface area contributed by atoms with Gasteiger partial charge in [-0.3, -0.25) is 4.79 Å². The molecule has 0 aromatic heterocycles. The van der Waals surface area contributed by atoms with Crippen molar-refractivity contribution in [3.05, 3.63) is 11.6 Å². The highest BCUT2D eigenvalue weighted by Gasteiger charge is 2.27. The van der Waals surface area contributed by atoms with Crippen LogP contribution in [0.5, 0.6) is 0 Å². The summed E-state index contributed by atoms with van der Waals surface area (Å²) in [4.78, 5) is 10.9. The van der Waals surface area contributed by atoms with Crippen molar-refractivity contribution in [2.45, 2.75) is 130 Å². The number of hydrogen-bond donors (Lipinski definition) is 3. The quantitative estimate of drug-likeness (QED) is 0.221. The molecular formula is C28H52O4. The average Bonchev–Trinajstić information content (AvgIpc) is 2.71. The Kier molecular flexibility index (Phi) is 13.1. The van der Waals surface area contributed by atoms with Gasteiger partial charge in [0.15, 0.2) is 0 Å². The van der Waals surface area contributed by atoms with Gasteiger partial charge in [0.2, 0.25) is 0 Å². The minimum atomic E-state index is -0.749. The Balaban J connectivity index is 2.15. The zero-order valence-corrected chi connectivity index (χ0v) is 21.8. The van der Waals surface area contributed by atoms with Crippen molar-refractivity contribution < 1.29 is 20.1 Å². The van der Waals surface area contributed by atoms with Crippen molar-refractivity contribution >= 4 is 5.97 Å². The molecule has 4 heteroatoms. The van der Waals surface area contributed by atoms with E-state index in [2.05, 4.69) is 33.8 Å². The third-order valence-electron chi connectivity index (χ3n) is 8.03. The topological polar surface area (TPSA) is 77.8 Å². The molecule has 1 aliphatic carbocycles. The van der Waals surface area contributed by atoms with E-state index in [1.165, 1.54) is 31.3 Å². The third-order valence-corrected chi connectivity index (χ3v) is 8.03. The zero-order valence-electron chi connectivity index (χ0n) is 21.8. The highest BCUT2D eigenvalue weighted by Crippen LogP contribution is 2.33. The van der Waals surface area contributed by atoms with Crippen LogP contribution >= 0.6 is 0 Å². The van der Waals surface area contributed by atoms with E-state index in [1.54, 1.807) is 6.92 Å². The monoisotopic (exact) mass is 452 g/mol. The molecular weight excluding hydrogens is 400 g/mol. The lowest BCUT2D eigenvalue weighted by atomic mass is 9.78. The summed E-state index contributed by atoms with van der Waals surface area (Å²) in [5.41, 5.74) is 0.584. The molecule has 6 unspecified atom stereocenters. The van der Waals surface area contributed by atoms with E-state index in [1.807, 2.05) is 6.92 Å². The Labute approximate surface area is 197 Å². The largest absolute Gasteiger partial charge is 0.481 e. The molecule has 0 bridgehead atoms. The molecule has 0 spiro atoms. The van der Waals surface area contributed by atoms with Gasteiger partial charge in [0, 0.05) is 0 Å². The van der Waals surface area contributed by atoms with E-state index >= 15 is 0 Å². The number of aliphatic carboxylic acids is 1. The number of rotatable bonds is 16. The van der Waals surface area contributed by atoms with Crippen LogP contribution in [0, 0.1) is 29.6 Å². The van der Waals surface area contributed by atoms with Crippen molar-refractivity contribution in [3.8, 4) is 0 Å². The molecule has 0 amide bonds. The Morgan fingerprint density at radius 1 is 1.00 bits per heavy atom. The second kappa shape index (κ2) is 14.4. The van der Waals surface area contributed by atoms with Gasteiger partial charge in [0.05, 0.1) is 17.6 Å². The normalized spacial score (nSPS) is 26.1. The zero-order chi connectivity index (χ0) is 24.3. The maximum Gasteiger partial charge on any atom is 0.306 e. The number of carboxylic acids is 1. The molecule has 1 aliphatic rings. The molecule has 0 heterocycles. The van der Waals surface area contributed by atoms with E-state index in [0.29, 0.717) is 36.5 Å². The molecule has 4 nitrogen and oxygen atoms in total. The molecule has 32 heavy (non-hydrogen) atoms. The van der Waals surface area contributed by atoms with Crippen molar-refractivity contribution in [1.82, 2.24) is 0 Å². The Morgan fingerprint density at radius 2 is 1.53 bits per heavy atom. The van der Waals surface area contributed by atoms with Crippen molar-refractivity contribution in [2.24, 2.45) is 29.6 Å². The van der Waals surface area contributed by atoms with Gasteiger partial charge in [-0.2, -0.15) is 0 Å². The van der Waals surface area contributed by atoms with E-state index < -0.39 is 11.6 Å². The average molecular weight is 453 g/mol. The first kappa shape index (κ1) is 29.2. The van der Waals surface area contributed by atoms with Gasteiger partial charge in [0.1, 0.15) is 0 Å². The second-order valence-electron chi connectivity index (χ2n) is 11.5. The van der Waals surface area contributed by atoms with Gasteiger partial charge >= 0.3 is 5.97 Å². The summed E-state index contributed by atoms with van der Waals surface area (Å²) in [6.07, 6.45) is 14.1. The highest BCUT2D eigenvalue weighted by molar-refractivity contribution is 5.69. The minimum Gasteiger partial charge on any atom is -0.481 e. The van der Waals surface area contributed by atoms with Crippen LogP contribution in [-0.4, -0.2) is 33.0 Å². The summed E-state index contributed by atoms with van der Waals surface area (Å²) in [7, 11) is 0. The molecule has 0 fully saturated rings. The number of carboxylic acid groups (broad SMARTS) is 1. The van der Waals surface area contributed by atoms with Gasteiger partial charge in [-0.05, 0) is 81.1 Å². The number of hydrogen-bond acceptors (Lipinski definition) is 3. The standard InChI is InChI=1S/C28H52O4/c1-20(12-8-18-28(6,32)19-9-13-23(4)27(30)31)10-7-11-21(2)14-16-25-17-15-22(3)24(5)26(25)29/h17,20-24,26,29,32H,7-16,18-19H2,1-6H3,(H,30,31)/t20?,21?,22?,23?,24?,26-,28?/m0/s1. The van der Waals surface area contributed by atoms with Crippen LogP contribution in [0.1, 0.15) is 119 Å². The summed E-state index contributed by atoms with van der Waals surface area (Å²) in [5, 5.41) is 30.0. The second-order valence-corrected chi connectivity index (χ2v) is 11.5.